The quantitative estimate of drug-likeness (QED) is 0.660. The lowest BCUT2D eigenvalue weighted by Gasteiger charge is -2.46. The predicted octanol–water partition coefficient (Wildman–Crippen LogP) is 3.99. The second kappa shape index (κ2) is 8.21. The molecule has 1 N–H and O–H groups in total. The molecule has 2 atom stereocenters. The van der Waals surface area contributed by atoms with Crippen LogP contribution in [0.15, 0.2) is 18.2 Å². The molecule has 1 heterocycles. The first-order chi connectivity index (χ1) is 12.7. The van der Waals surface area contributed by atoms with E-state index in [1.165, 1.54) is 5.56 Å². The van der Waals surface area contributed by atoms with Crippen LogP contribution in [0, 0.1) is 0 Å². The number of fused-ring (bicyclic) bond motifs is 1. The molecule has 0 aromatic heterocycles. The van der Waals surface area contributed by atoms with E-state index in [2.05, 4.69) is 40.0 Å². The lowest BCUT2D eigenvalue weighted by atomic mass is 9.82. The van der Waals surface area contributed by atoms with Gasteiger partial charge in [-0.1, -0.05) is 45.3 Å². The van der Waals surface area contributed by atoms with E-state index in [4.69, 9.17) is 13.6 Å². The summed E-state index contributed by atoms with van der Waals surface area (Å²) in [6.07, 6.45) is 3.17. The van der Waals surface area contributed by atoms with Crippen LogP contribution in [-0.2, 0) is 15.3 Å². The van der Waals surface area contributed by atoms with E-state index >= 15 is 0 Å². The Morgan fingerprint density at radius 2 is 1.82 bits per heavy atom. The van der Waals surface area contributed by atoms with E-state index in [0.29, 0.717) is 6.61 Å². The minimum atomic E-state index is -1.14. The standard InChI is InChI=1S/C22H38BO4S/c1-10-28(9,20(2,3)4)25-15-18-14-16-13-17(11-12-19(16)26-18)23-27-22(7,8)21(5,6)24/h11-13,18,24H,10,14-15H2,1-9H3. The highest BCUT2D eigenvalue weighted by Gasteiger charge is 2.36. The van der Waals surface area contributed by atoms with Gasteiger partial charge in [0.15, 0.2) is 0 Å². The van der Waals surface area contributed by atoms with Crippen molar-refractivity contribution in [1.82, 2.24) is 0 Å². The van der Waals surface area contributed by atoms with Crippen molar-refractivity contribution < 1.29 is 18.7 Å². The third-order valence-corrected chi connectivity index (χ3v) is 10.5. The second-order valence-electron chi connectivity index (χ2n) is 9.81. The number of benzene rings is 1. The van der Waals surface area contributed by atoms with Gasteiger partial charge in [-0.25, -0.2) is 0 Å². The van der Waals surface area contributed by atoms with E-state index < -0.39 is 21.5 Å². The molecule has 0 aliphatic carbocycles. The van der Waals surface area contributed by atoms with Gasteiger partial charge in [-0.15, -0.1) is 10.3 Å². The highest BCUT2D eigenvalue weighted by Crippen LogP contribution is 2.56. The predicted molar refractivity (Wildman–Crippen MR) is 121 cm³/mol. The Labute approximate surface area is 174 Å². The lowest BCUT2D eigenvalue weighted by Crippen LogP contribution is -2.49. The van der Waals surface area contributed by atoms with Gasteiger partial charge in [-0.2, -0.15) is 0 Å². The highest BCUT2D eigenvalue weighted by atomic mass is 32.3. The Morgan fingerprint density at radius 3 is 2.36 bits per heavy atom. The summed E-state index contributed by atoms with van der Waals surface area (Å²) < 4.78 is 18.6. The molecule has 0 spiro atoms. The minimum Gasteiger partial charge on any atom is -0.487 e. The van der Waals surface area contributed by atoms with Crippen LogP contribution in [0.2, 0.25) is 0 Å². The fourth-order valence-electron chi connectivity index (χ4n) is 2.79. The lowest BCUT2D eigenvalue weighted by molar-refractivity contribution is -0.0893. The zero-order valence-corrected chi connectivity index (χ0v) is 19.9. The van der Waals surface area contributed by atoms with Crippen molar-refractivity contribution in [3.8, 4) is 5.75 Å². The first-order valence-corrected chi connectivity index (χ1v) is 12.2. The normalized spacial score (nSPS) is 20.9. The van der Waals surface area contributed by atoms with Crippen molar-refractivity contribution >= 4 is 23.3 Å². The molecule has 0 amide bonds. The van der Waals surface area contributed by atoms with Gasteiger partial charge in [-0.05, 0) is 51.3 Å². The van der Waals surface area contributed by atoms with Crippen molar-refractivity contribution in [2.75, 3.05) is 18.6 Å². The molecule has 1 aromatic carbocycles. The number of ether oxygens (including phenoxy) is 1. The van der Waals surface area contributed by atoms with Crippen LogP contribution in [0.1, 0.15) is 61.0 Å². The van der Waals surface area contributed by atoms with Crippen LogP contribution in [0.25, 0.3) is 0 Å². The molecular weight excluding hydrogens is 371 g/mol. The minimum absolute atomic E-state index is 0.0553. The van der Waals surface area contributed by atoms with Gasteiger partial charge < -0.3 is 18.7 Å². The zero-order chi connectivity index (χ0) is 21.4. The van der Waals surface area contributed by atoms with Crippen LogP contribution >= 0.6 is 10.3 Å². The molecule has 1 radical (unpaired) electrons. The zero-order valence-electron chi connectivity index (χ0n) is 19.1. The summed E-state index contributed by atoms with van der Waals surface area (Å²) in [6.45, 7) is 16.9. The van der Waals surface area contributed by atoms with E-state index in [0.717, 1.165) is 23.4 Å². The Kier molecular flexibility index (Phi) is 6.92. The number of hydrogen-bond donors (Lipinski definition) is 1. The molecule has 1 aliphatic rings. The van der Waals surface area contributed by atoms with Gasteiger partial charge in [0.25, 0.3) is 0 Å². The van der Waals surface area contributed by atoms with E-state index in [-0.39, 0.29) is 10.9 Å². The fourth-order valence-corrected chi connectivity index (χ4v) is 4.62. The molecule has 28 heavy (non-hydrogen) atoms. The summed E-state index contributed by atoms with van der Waals surface area (Å²) in [4.78, 5) is 0. The van der Waals surface area contributed by atoms with E-state index in [1.807, 2.05) is 26.0 Å². The molecule has 0 saturated carbocycles. The molecule has 2 rings (SSSR count). The third-order valence-electron chi connectivity index (χ3n) is 6.15. The molecule has 6 heteroatoms. The molecule has 0 bridgehead atoms. The first kappa shape index (κ1) is 23.6. The molecule has 0 saturated heterocycles. The molecule has 2 unspecified atom stereocenters. The largest absolute Gasteiger partial charge is 0.487 e. The Bertz CT molecular complexity index is 678. The van der Waals surface area contributed by atoms with Crippen LogP contribution in [0.3, 0.4) is 0 Å². The van der Waals surface area contributed by atoms with Crippen molar-refractivity contribution in [3.05, 3.63) is 23.8 Å². The van der Waals surface area contributed by atoms with Gasteiger partial charge in [0, 0.05) is 11.2 Å². The monoisotopic (exact) mass is 409 g/mol. The summed E-state index contributed by atoms with van der Waals surface area (Å²) in [7, 11) is 0.577. The number of aliphatic hydroxyl groups is 1. The number of rotatable bonds is 8. The highest BCUT2D eigenvalue weighted by molar-refractivity contribution is 8.30. The van der Waals surface area contributed by atoms with Crippen LogP contribution in [0.4, 0.5) is 0 Å². The van der Waals surface area contributed by atoms with Gasteiger partial charge in [-0.3, -0.25) is 0 Å². The van der Waals surface area contributed by atoms with Crippen molar-refractivity contribution in [2.45, 2.75) is 83.9 Å². The molecule has 1 aliphatic heterocycles. The van der Waals surface area contributed by atoms with Crippen LogP contribution < -0.4 is 10.2 Å². The maximum Gasteiger partial charge on any atom is 0.330 e. The number of hydrogen-bond acceptors (Lipinski definition) is 4. The Hall–Kier alpha value is -0.685. The summed E-state index contributed by atoms with van der Waals surface area (Å²) in [5.74, 6) is 1.97. The Balaban J connectivity index is 1.97. The van der Waals surface area contributed by atoms with Gasteiger partial charge >= 0.3 is 7.48 Å². The van der Waals surface area contributed by atoms with Crippen molar-refractivity contribution in [3.63, 3.8) is 0 Å². The summed E-state index contributed by atoms with van der Waals surface area (Å²) in [6, 6.07) is 6.09. The van der Waals surface area contributed by atoms with Crippen molar-refractivity contribution in [1.29, 1.82) is 0 Å². The van der Waals surface area contributed by atoms with Crippen molar-refractivity contribution in [2.24, 2.45) is 0 Å². The Morgan fingerprint density at radius 1 is 1.18 bits per heavy atom. The fraction of sp³-hybridized carbons (Fsp3) is 0.727. The molecule has 4 nitrogen and oxygen atoms in total. The van der Waals surface area contributed by atoms with Crippen LogP contribution in [-0.4, -0.2) is 53.3 Å². The van der Waals surface area contributed by atoms with E-state index in [9.17, 15) is 5.11 Å². The van der Waals surface area contributed by atoms with E-state index in [1.54, 1.807) is 21.3 Å². The maximum atomic E-state index is 10.2. The smallest absolute Gasteiger partial charge is 0.330 e. The molecule has 0 fully saturated rings. The van der Waals surface area contributed by atoms with Gasteiger partial charge in [0.2, 0.25) is 0 Å². The van der Waals surface area contributed by atoms with Gasteiger partial charge in [0.1, 0.15) is 11.9 Å². The third kappa shape index (κ3) is 5.27. The first-order valence-electron chi connectivity index (χ1n) is 10.1. The van der Waals surface area contributed by atoms with Gasteiger partial charge in [0.05, 0.1) is 17.8 Å². The molecular formula is C22H38BO4S. The second-order valence-corrected chi connectivity index (χ2v) is 13.9. The molecule has 1 aromatic rings. The maximum absolute atomic E-state index is 10.2. The molecule has 159 valence electrons. The average Bonchev–Trinajstić information content (AvgIpc) is 2.98. The summed E-state index contributed by atoms with van der Waals surface area (Å²) in [5.41, 5.74) is 0.530. The average molecular weight is 409 g/mol. The summed E-state index contributed by atoms with van der Waals surface area (Å²) >= 11 is 0. The topological polar surface area (TPSA) is 47.9 Å². The summed E-state index contributed by atoms with van der Waals surface area (Å²) in [5, 5.41) is 10.2. The van der Waals surface area contributed by atoms with Crippen LogP contribution in [0.5, 0.6) is 5.75 Å². The SMILES string of the molecule is CCS(C)(OCC1Cc2cc([B]OC(C)(C)C(C)(C)O)ccc2O1)C(C)(C)C.